The predicted octanol–water partition coefficient (Wildman–Crippen LogP) is 5.33. The number of ether oxygens (including phenoxy) is 1. The Hall–Kier alpha value is -1.92. The van der Waals surface area contributed by atoms with Gasteiger partial charge in [0.1, 0.15) is 16.2 Å². The molecule has 4 nitrogen and oxygen atoms in total. The number of rotatable bonds is 6. The third kappa shape index (κ3) is 3.91. The van der Waals surface area contributed by atoms with Gasteiger partial charge in [-0.25, -0.2) is 9.97 Å². The monoisotopic (exact) mass is 386 g/mol. The molecule has 0 aliphatic heterocycles. The lowest BCUT2D eigenvalue weighted by Gasteiger charge is -2.08. The third-order valence-electron chi connectivity index (χ3n) is 4.42. The van der Waals surface area contributed by atoms with Crippen molar-refractivity contribution in [1.29, 1.82) is 0 Å². The number of fused-ring (bicyclic) bond motifs is 1. The topological polar surface area (TPSA) is 52.1 Å². The first-order chi connectivity index (χ1) is 12.5. The minimum absolute atomic E-state index is 0.166. The molecule has 0 bridgehead atoms. The van der Waals surface area contributed by atoms with Gasteiger partial charge in [0, 0.05) is 22.6 Å². The Kier molecular flexibility index (Phi) is 5.94. The van der Waals surface area contributed by atoms with Crippen molar-refractivity contribution in [2.45, 2.75) is 38.6 Å². The van der Waals surface area contributed by atoms with Gasteiger partial charge in [0.2, 0.25) is 0 Å². The second kappa shape index (κ2) is 8.18. The van der Waals surface area contributed by atoms with E-state index in [1.807, 2.05) is 0 Å². The van der Waals surface area contributed by atoms with Gasteiger partial charge < -0.3 is 4.74 Å². The molecule has 6 heteroatoms. The minimum atomic E-state index is -0.166. The Morgan fingerprint density at radius 1 is 1.19 bits per heavy atom. The van der Waals surface area contributed by atoms with Crippen molar-refractivity contribution in [3.8, 4) is 11.1 Å². The molecule has 3 aromatic rings. The van der Waals surface area contributed by atoms with Crippen molar-refractivity contribution < 1.29 is 9.53 Å². The average molecular weight is 387 g/mol. The van der Waals surface area contributed by atoms with Crippen LogP contribution in [0.2, 0.25) is 0 Å². The summed E-state index contributed by atoms with van der Waals surface area (Å²) in [5.41, 5.74) is 5.01. The Balaban J connectivity index is 1.95. The van der Waals surface area contributed by atoms with E-state index in [1.54, 1.807) is 29.4 Å². The zero-order valence-corrected chi connectivity index (χ0v) is 17.1. The molecule has 0 N–H and O–H groups in total. The molecule has 0 atom stereocenters. The summed E-state index contributed by atoms with van der Waals surface area (Å²) in [5.74, 6) is 0.656. The molecule has 0 aliphatic carbocycles. The Labute approximate surface area is 162 Å². The van der Waals surface area contributed by atoms with E-state index in [0.717, 1.165) is 27.4 Å². The lowest BCUT2D eigenvalue weighted by molar-refractivity contribution is -0.140. The smallest absolute Gasteiger partial charge is 0.305 e. The molecule has 26 heavy (non-hydrogen) atoms. The third-order valence-corrected chi connectivity index (χ3v) is 6.51. The molecule has 136 valence electrons. The van der Waals surface area contributed by atoms with E-state index in [4.69, 9.17) is 4.74 Å². The van der Waals surface area contributed by atoms with E-state index in [-0.39, 0.29) is 5.97 Å². The molecule has 0 radical (unpaired) electrons. The molecule has 1 aromatic carbocycles. The van der Waals surface area contributed by atoms with Crippen LogP contribution in [0.15, 0.2) is 29.6 Å². The number of thiophene rings is 1. The predicted molar refractivity (Wildman–Crippen MR) is 109 cm³/mol. The summed E-state index contributed by atoms with van der Waals surface area (Å²) in [4.78, 5) is 22.6. The van der Waals surface area contributed by atoms with E-state index in [1.165, 1.54) is 34.2 Å². The highest BCUT2D eigenvalue weighted by Crippen LogP contribution is 2.41. The Morgan fingerprint density at radius 3 is 2.73 bits per heavy atom. The van der Waals surface area contributed by atoms with Crippen molar-refractivity contribution in [3.05, 3.63) is 40.5 Å². The number of methoxy groups -OCH3 is 1. The molecule has 0 saturated carbocycles. The maximum atomic E-state index is 11.3. The van der Waals surface area contributed by atoms with Gasteiger partial charge in [-0.3, -0.25) is 4.79 Å². The zero-order valence-electron chi connectivity index (χ0n) is 15.5. The fraction of sp³-hybridized carbons (Fsp3) is 0.350. The van der Waals surface area contributed by atoms with Gasteiger partial charge in [0.15, 0.2) is 0 Å². The summed E-state index contributed by atoms with van der Waals surface area (Å²) in [6.45, 7) is 6.41. The first kappa shape index (κ1) is 18.9. The second-order valence-electron chi connectivity index (χ2n) is 6.22. The van der Waals surface area contributed by atoms with Crippen molar-refractivity contribution in [2.75, 3.05) is 12.9 Å². The second-order valence-corrected chi connectivity index (χ2v) is 8.51. The van der Waals surface area contributed by atoms with Crippen LogP contribution in [0.25, 0.3) is 21.3 Å². The normalized spacial score (nSPS) is 11.1. The highest BCUT2D eigenvalue weighted by atomic mass is 32.2. The summed E-state index contributed by atoms with van der Waals surface area (Å²) in [6, 6.07) is 6.58. The molecule has 0 fully saturated rings. The van der Waals surface area contributed by atoms with Crippen LogP contribution in [0, 0.1) is 20.8 Å². The lowest BCUT2D eigenvalue weighted by Crippen LogP contribution is -2.00. The molecule has 0 saturated heterocycles. The van der Waals surface area contributed by atoms with Crippen LogP contribution in [0.1, 0.15) is 28.8 Å². The number of aryl methyl sites for hydroxylation is 3. The maximum Gasteiger partial charge on any atom is 0.305 e. The van der Waals surface area contributed by atoms with Gasteiger partial charge in [-0.1, -0.05) is 18.2 Å². The Bertz CT molecular complexity index is 950. The quantitative estimate of drug-likeness (QED) is 0.248. The number of esters is 1. The van der Waals surface area contributed by atoms with Crippen LogP contribution in [0.3, 0.4) is 0 Å². The Morgan fingerprint density at radius 2 is 2.00 bits per heavy atom. The van der Waals surface area contributed by atoms with Crippen molar-refractivity contribution in [1.82, 2.24) is 9.97 Å². The van der Waals surface area contributed by atoms with Gasteiger partial charge >= 0.3 is 5.97 Å². The lowest BCUT2D eigenvalue weighted by atomic mass is 9.99. The van der Waals surface area contributed by atoms with Crippen LogP contribution in [-0.2, 0) is 9.53 Å². The number of nitrogens with zero attached hydrogens (tertiary/aromatic N) is 2. The van der Waals surface area contributed by atoms with E-state index >= 15 is 0 Å². The van der Waals surface area contributed by atoms with Crippen molar-refractivity contribution in [2.24, 2.45) is 0 Å². The highest BCUT2D eigenvalue weighted by Gasteiger charge is 2.17. The molecular weight excluding hydrogens is 364 g/mol. The first-order valence-corrected chi connectivity index (χ1v) is 10.3. The van der Waals surface area contributed by atoms with Crippen molar-refractivity contribution >= 4 is 39.3 Å². The van der Waals surface area contributed by atoms with E-state index in [2.05, 4.69) is 48.9 Å². The van der Waals surface area contributed by atoms with Crippen molar-refractivity contribution in [3.63, 3.8) is 0 Å². The number of aromatic nitrogens is 2. The summed E-state index contributed by atoms with van der Waals surface area (Å²) < 4.78 is 4.70. The fourth-order valence-corrected chi connectivity index (χ4v) is 4.88. The fourth-order valence-electron chi connectivity index (χ4n) is 2.86. The van der Waals surface area contributed by atoms with Crippen LogP contribution in [-0.4, -0.2) is 28.8 Å². The summed E-state index contributed by atoms with van der Waals surface area (Å²) in [6.07, 6.45) is 2.83. The highest BCUT2D eigenvalue weighted by molar-refractivity contribution is 7.99. The summed E-state index contributed by atoms with van der Waals surface area (Å²) >= 11 is 3.39. The molecule has 0 amide bonds. The van der Waals surface area contributed by atoms with Crippen LogP contribution < -0.4 is 0 Å². The number of thioether (sulfide) groups is 1. The summed E-state index contributed by atoms with van der Waals surface area (Å²) in [7, 11) is 1.42. The maximum absolute atomic E-state index is 11.3. The van der Waals surface area contributed by atoms with E-state index < -0.39 is 0 Å². The number of carbonyl (C=O) groups is 1. The van der Waals surface area contributed by atoms with E-state index in [9.17, 15) is 4.79 Å². The number of hydrogen-bond acceptors (Lipinski definition) is 6. The molecule has 0 aliphatic rings. The molecule has 2 aromatic heterocycles. The number of benzene rings is 1. The molecular formula is C20H22N2O2S2. The van der Waals surface area contributed by atoms with Gasteiger partial charge in [0.05, 0.1) is 12.5 Å². The molecule has 0 unspecified atom stereocenters. The standard InChI is InChI=1S/C20H22N2O2S2/c1-12-7-8-15(10-13(12)2)17-14(3)26-20-18(17)19(21-11-22-20)25-9-5-6-16(23)24-4/h7-8,10-11H,5-6,9H2,1-4H3. The zero-order chi connectivity index (χ0) is 18.7. The first-order valence-electron chi connectivity index (χ1n) is 8.52. The van der Waals surface area contributed by atoms with Crippen LogP contribution in [0.5, 0.6) is 0 Å². The largest absolute Gasteiger partial charge is 0.469 e. The average Bonchev–Trinajstić information content (AvgIpc) is 2.97. The van der Waals surface area contributed by atoms with Gasteiger partial charge in [0.25, 0.3) is 0 Å². The summed E-state index contributed by atoms with van der Waals surface area (Å²) in [5, 5.41) is 2.11. The van der Waals surface area contributed by atoms with Crippen LogP contribution >= 0.6 is 23.1 Å². The number of hydrogen-bond donors (Lipinski definition) is 0. The number of carbonyl (C=O) groups excluding carboxylic acids is 1. The van der Waals surface area contributed by atoms with E-state index in [0.29, 0.717) is 6.42 Å². The molecule has 2 heterocycles. The minimum Gasteiger partial charge on any atom is -0.469 e. The van der Waals surface area contributed by atoms with Gasteiger partial charge in [-0.15, -0.1) is 23.1 Å². The van der Waals surface area contributed by atoms with Gasteiger partial charge in [-0.05, 0) is 43.9 Å². The molecule has 0 spiro atoms. The SMILES string of the molecule is COC(=O)CCCSc1ncnc2sc(C)c(-c3ccc(C)c(C)c3)c12. The van der Waals surface area contributed by atoms with Gasteiger partial charge in [-0.2, -0.15) is 0 Å². The van der Waals surface area contributed by atoms with Crippen LogP contribution in [0.4, 0.5) is 0 Å². The molecule has 3 rings (SSSR count).